The summed E-state index contributed by atoms with van der Waals surface area (Å²) in [6, 6.07) is 7.47. The monoisotopic (exact) mass is 364 g/mol. The van der Waals surface area contributed by atoms with E-state index < -0.39 is 0 Å². The molecule has 0 radical (unpaired) electrons. The Kier molecular flexibility index (Phi) is 6.08. The van der Waals surface area contributed by atoms with Crippen LogP contribution in [0.25, 0.3) is 0 Å². The van der Waals surface area contributed by atoms with Crippen LogP contribution < -0.4 is 11.1 Å². The standard InChI is InChI=1S/C18H22Cl2N4/c1-18(2,15-6-5-13(19)9-16(15)20)11-24-17-12(4-3-7-21)8-14(22)10-23-17/h5-10,21H,3-4,11,22H2,1-2H3,(H,23,24). The molecule has 0 amide bonds. The quantitative estimate of drug-likeness (QED) is 0.608. The second-order valence-electron chi connectivity index (χ2n) is 6.38. The molecule has 4 N–H and O–H groups in total. The maximum Gasteiger partial charge on any atom is 0.129 e. The van der Waals surface area contributed by atoms with Gasteiger partial charge in [0.15, 0.2) is 0 Å². The molecule has 0 fully saturated rings. The van der Waals surface area contributed by atoms with E-state index in [4.69, 9.17) is 34.3 Å². The van der Waals surface area contributed by atoms with Gasteiger partial charge in [0.05, 0.1) is 11.9 Å². The van der Waals surface area contributed by atoms with Gasteiger partial charge >= 0.3 is 0 Å². The van der Waals surface area contributed by atoms with E-state index in [0.29, 0.717) is 28.7 Å². The fraction of sp³-hybridized carbons (Fsp3) is 0.333. The molecule has 0 atom stereocenters. The first kappa shape index (κ1) is 18.6. The molecule has 0 aliphatic carbocycles. The predicted molar refractivity (Wildman–Crippen MR) is 104 cm³/mol. The number of nitrogens with zero attached hydrogens (tertiary/aromatic N) is 1. The van der Waals surface area contributed by atoms with Crippen LogP contribution in [0.15, 0.2) is 30.5 Å². The van der Waals surface area contributed by atoms with Gasteiger partial charge in [0.25, 0.3) is 0 Å². The molecule has 1 heterocycles. The van der Waals surface area contributed by atoms with Gasteiger partial charge in [-0.2, -0.15) is 0 Å². The predicted octanol–water partition coefficient (Wildman–Crippen LogP) is 4.94. The van der Waals surface area contributed by atoms with Gasteiger partial charge in [0, 0.05) is 22.0 Å². The van der Waals surface area contributed by atoms with Crippen molar-refractivity contribution in [2.75, 3.05) is 17.6 Å². The average molecular weight is 365 g/mol. The summed E-state index contributed by atoms with van der Waals surface area (Å²) in [6.07, 6.45) is 4.42. The van der Waals surface area contributed by atoms with Crippen molar-refractivity contribution in [3.05, 3.63) is 51.6 Å². The Bertz CT molecular complexity index is 729. The molecule has 0 bridgehead atoms. The molecule has 0 aliphatic heterocycles. The molecule has 0 saturated heterocycles. The number of nitrogens with two attached hydrogens (primary N) is 1. The fourth-order valence-electron chi connectivity index (χ4n) is 2.54. The Morgan fingerprint density at radius 2 is 2.04 bits per heavy atom. The summed E-state index contributed by atoms with van der Waals surface area (Å²) in [5.74, 6) is 0.796. The highest BCUT2D eigenvalue weighted by Crippen LogP contribution is 2.32. The minimum Gasteiger partial charge on any atom is -0.397 e. The summed E-state index contributed by atoms with van der Waals surface area (Å²) in [5.41, 5.74) is 8.29. The highest BCUT2D eigenvalue weighted by Gasteiger charge is 2.24. The van der Waals surface area contributed by atoms with Crippen LogP contribution in [0.3, 0.4) is 0 Å². The molecule has 1 aromatic carbocycles. The summed E-state index contributed by atoms with van der Waals surface area (Å²) in [6.45, 7) is 4.89. The number of hydrogen-bond donors (Lipinski definition) is 3. The third-order valence-corrected chi connectivity index (χ3v) is 4.45. The summed E-state index contributed by atoms with van der Waals surface area (Å²) in [4.78, 5) is 4.40. The van der Waals surface area contributed by atoms with E-state index in [-0.39, 0.29) is 5.41 Å². The van der Waals surface area contributed by atoms with E-state index in [1.165, 1.54) is 6.21 Å². The van der Waals surface area contributed by atoms with Crippen LogP contribution in [0.1, 0.15) is 31.4 Å². The van der Waals surface area contributed by atoms with Crippen molar-refractivity contribution in [3.63, 3.8) is 0 Å². The number of hydrogen-bond acceptors (Lipinski definition) is 4. The summed E-state index contributed by atoms with van der Waals surface area (Å²) >= 11 is 12.3. The lowest BCUT2D eigenvalue weighted by molar-refractivity contribution is 0.556. The van der Waals surface area contributed by atoms with E-state index in [1.54, 1.807) is 12.3 Å². The fourth-order valence-corrected chi connectivity index (χ4v) is 3.21. The minimum atomic E-state index is -0.205. The Morgan fingerprint density at radius 3 is 2.71 bits per heavy atom. The van der Waals surface area contributed by atoms with Crippen molar-refractivity contribution in [2.24, 2.45) is 0 Å². The lowest BCUT2D eigenvalue weighted by Gasteiger charge is -2.27. The summed E-state index contributed by atoms with van der Waals surface area (Å²) in [5, 5.41) is 11.9. The molecule has 24 heavy (non-hydrogen) atoms. The van der Waals surface area contributed by atoms with Crippen molar-refractivity contribution in [1.82, 2.24) is 4.98 Å². The summed E-state index contributed by atoms with van der Waals surface area (Å²) < 4.78 is 0. The third kappa shape index (κ3) is 4.62. The molecule has 2 aromatic rings. The molecule has 1 aromatic heterocycles. The van der Waals surface area contributed by atoms with Gasteiger partial charge in [-0.3, -0.25) is 0 Å². The molecule has 0 saturated carbocycles. The van der Waals surface area contributed by atoms with E-state index in [2.05, 4.69) is 24.1 Å². The molecule has 4 nitrogen and oxygen atoms in total. The lowest BCUT2D eigenvalue weighted by Crippen LogP contribution is -2.28. The maximum absolute atomic E-state index is 7.21. The number of aryl methyl sites for hydroxylation is 1. The van der Waals surface area contributed by atoms with E-state index >= 15 is 0 Å². The SMILES string of the molecule is CC(C)(CNc1ncc(N)cc1CCC=N)c1ccc(Cl)cc1Cl. The number of nitrogens with one attached hydrogen (secondary N) is 2. The first-order valence-corrected chi connectivity index (χ1v) is 8.52. The number of pyridine rings is 1. The zero-order valence-electron chi connectivity index (χ0n) is 13.9. The van der Waals surface area contributed by atoms with Crippen LogP contribution in [-0.4, -0.2) is 17.7 Å². The van der Waals surface area contributed by atoms with Gasteiger partial charge in [-0.1, -0.05) is 43.1 Å². The Morgan fingerprint density at radius 1 is 1.29 bits per heavy atom. The number of rotatable bonds is 7. The molecule has 2 rings (SSSR count). The normalized spacial score (nSPS) is 11.3. The van der Waals surface area contributed by atoms with Crippen LogP contribution in [-0.2, 0) is 11.8 Å². The van der Waals surface area contributed by atoms with Crippen LogP contribution >= 0.6 is 23.2 Å². The lowest BCUT2D eigenvalue weighted by atomic mass is 9.84. The van der Waals surface area contributed by atoms with Gasteiger partial charge in [-0.25, -0.2) is 4.98 Å². The summed E-state index contributed by atoms with van der Waals surface area (Å²) in [7, 11) is 0. The first-order valence-electron chi connectivity index (χ1n) is 7.76. The van der Waals surface area contributed by atoms with E-state index in [0.717, 1.165) is 23.4 Å². The Labute approximate surface area is 152 Å². The number of anilines is 2. The maximum atomic E-state index is 7.21. The second-order valence-corrected chi connectivity index (χ2v) is 7.22. The van der Waals surface area contributed by atoms with Crippen molar-refractivity contribution < 1.29 is 0 Å². The highest BCUT2D eigenvalue weighted by atomic mass is 35.5. The molecule has 0 aliphatic rings. The van der Waals surface area contributed by atoms with Crippen LogP contribution in [0.4, 0.5) is 11.5 Å². The molecular formula is C18H22Cl2N4. The first-order chi connectivity index (χ1) is 11.3. The number of aromatic nitrogens is 1. The van der Waals surface area contributed by atoms with Gasteiger partial charge in [-0.15, -0.1) is 0 Å². The van der Waals surface area contributed by atoms with Crippen molar-refractivity contribution in [1.29, 1.82) is 5.41 Å². The molecular weight excluding hydrogens is 343 g/mol. The van der Waals surface area contributed by atoms with Gasteiger partial charge in [0.1, 0.15) is 5.82 Å². The molecule has 6 heteroatoms. The molecule has 0 spiro atoms. The average Bonchev–Trinajstić information content (AvgIpc) is 2.51. The van der Waals surface area contributed by atoms with Crippen LogP contribution in [0.5, 0.6) is 0 Å². The minimum absolute atomic E-state index is 0.205. The number of nitrogen functional groups attached to an aromatic ring is 1. The third-order valence-electron chi connectivity index (χ3n) is 3.90. The van der Waals surface area contributed by atoms with E-state index in [1.807, 2.05) is 18.2 Å². The largest absolute Gasteiger partial charge is 0.397 e. The van der Waals surface area contributed by atoms with Gasteiger partial charge < -0.3 is 16.5 Å². The van der Waals surface area contributed by atoms with Gasteiger partial charge in [0.2, 0.25) is 0 Å². The number of benzene rings is 1. The topological polar surface area (TPSA) is 74.8 Å². The van der Waals surface area contributed by atoms with Crippen molar-refractivity contribution in [3.8, 4) is 0 Å². The van der Waals surface area contributed by atoms with Crippen LogP contribution in [0.2, 0.25) is 10.0 Å². The van der Waals surface area contributed by atoms with Gasteiger partial charge in [-0.05, 0) is 48.4 Å². The van der Waals surface area contributed by atoms with E-state index in [9.17, 15) is 0 Å². The zero-order valence-corrected chi connectivity index (χ0v) is 15.4. The molecule has 0 unspecified atom stereocenters. The zero-order chi connectivity index (χ0) is 17.7. The second kappa shape index (κ2) is 7.86. The highest BCUT2D eigenvalue weighted by molar-refractivity contribution is 6.35. The number of halogens is 2. The van der Waals surface area contributed by atoms with Crippen molar-refractivity contribution >= 4 is 40.9 Å². The Hall–Kier alpha value is -1.78. The van der Waals surface area contributed by atoms with Crippen LogP contribution in [0, 0.1) is 5.41 Å². The molecule has 128 valence electrons. The Balaban J connectivity index is 2.18. The van der Waals surface area contributed by atoms with Crippen molar-refractivity contribution in [2.45, 2.75) is 32.1 Å². The smallest absolute Gasteiger partial charge is 0.129 e.